The van der Waals surface area contributed by atoms with Gasteiger partial charge in [0.2, 0.25) is 17.7 Å². The number of hydrogen-bond donors (Lipinski definition) is 3. The summed E-state index contributed by atoms with van der Waals surface area (Å²) < 4.78 is 6.34. The highest BCUT2D eigenvalue weighted by Crippen LogP contribution is 2.58. The summed E-state index contributed by atoms with van der Waals surface area (Å²) in [7, 11) is 1.55. The molecule has 0 aliphatic carbocycles. The van der Waals surface area contributed by atoms with Crippen molar-refractivity contribution in [3.63, 3.8) is 0 Å². The third kappa shape index (κ3) is 3.59. The molecule has 2 bridgehead atoms. The highest BCUT2D eigenvalue weighted by molar-refractivity contribution is 5.99. The van der Waals surface area contributed by atoms with E-state index in [0.29, 0.717) is 25.8 Å². The average molecular weight is 444 g/mol. The lowest BCUT2D eigenvalue weighted by Gasteiger charge is -2.36. The van der Waals surface area contributed by atoms with Crippen molar-refractivity contribution >= 4 is 17.7 Å². The number of carbonyl (C=O) groups excluding carboxylic acids is 3. The number of aliphatic hydroxyl groups excluding tert-OH is 1. The molecule has 3 aliphatic heterocycles. The van der Waals surface area contributed by atoms with E-state index in [4.69, 9.17) is 4.74 Å². The summed E-state index contributed by atoms with van der Waals surface area (Å²) in [5.74, 6) is -2.10. The smallest absolute Gasteiger partial charge is 0.245 e. The number of nitrogens with zero attached hydrogens (tertiary/aromatic N) is 1. The van der Waals surface area contributed by atoms with Gasteiger partial charge in [0, 0.05) is 13.6 Å². The fourth-order valence-electron chi connectivity index (χ4n) is 5.87. The van der Waals surface area contributed by atoms with Gasteiger partial charge in [-0.25, -0.2) is 0 Å². The number of amides is 3. The van der Waals surface area contributed by atoms with Gasteiger partial charge in [0.05, 0.1) is 30.6 Å². The molecule has 3 N–H and O–H groups in total. The molecule has 0 saturated carbocycles. The normalized spacial score (nSPS) is 31.5. The van der Waals surface area contributed by atoms with Crippen LogP contribution in [0.4, 0.5) is 0 Å². The summed E-state index contributed by atoms with van der Waals surface area (Å²) in [5.41, 5.74) is -0.0635. The lowest BCUT2D eigenvalue weighted by molar-refractivity contribution is -0.145. The first-order valence-corrected chi connectivity index (χ1v) is 11.6. The molecule has 8 heteroatoms. The van der Waals surface area contributed by atoms with E-state index in [9.17, 15) is 19.5 Å². The summed E-state index contributed by atoms with van der Waals surface area (Å²) in [6, 6.07) is 8.15. The zero-order chi connectivity index (χ0) is 22.9. The van der Waals surface area contributed by atoms with Gasteiger partial charge in [-0.05, 0) is 31.2 Å². The van der Waals surface area contributed by atoms with E-state index < -0.39 is 29.5 Å². The van der Waals surface area contributed by atoms with Crippen LogP contribution in [-0.4, -0.2) is 71.7 Å². The Labute approximate surface area is 188 Å². The van der Waals surface area contributed by atoms with Gasteiger partial charge in [0.25, 0.3) is 0 Å². The molecular formula is C24H33N3O5. The first kappa shape index (κ1) is 22.7. The molecular weight excluding hydrogens is 410 g/mol. The molecule has 3 fully saturated rings. The van der Waals surface area contributed by atoms with Gasteiger partial charge < -0.3 is 25.4 Å². The number of likely N-dealkylation sites (tertiary alicyclic amines) is 1. The lowest BCUT2D eigenvalue weighted by atomic mass is 9.70. The van der Waals surface area contributed by atoms with Crippen molar-refractivity contribution in [3.8, 4) is 0 Å². The molecule has 0 radical (unpaired) electrons. The van der Waals surface area contributed by atoms with E-state index in [0.717, 1.165) is 18.4 Å². The Bertz CT molecular complexity index is 862. The van der Waals surface area contributed by atoms with Gasteiger partial charge in [0.15, 0.2) is 0 Å². The van der Waals surface area contributed by atoms with Gasteiger partial charge in [-0.15, -0.1) is 0 Å². The second kappa shape index (κ2) is 9.19. The third-order valence-corrected chi connectivity index (χ3v) is 7.28. The Balaban J connectivity index is 1.71. The van der Waals surface area contributed by atoms with Gasteiger partial charge >= 0.3 is 0 Å². The van der Waals surface area contributed by atoms with Gasteiger partial charge in [-0.2, -0.15) is 0 Å². The minimum Gasteiger partial charge on any atom is -0.394 e. The van der Waals surface area contributed by atoms with Crippen LogP contribution in [0.25, 0.3) is 0 Å². The Morgan fingerprint density at radius 3 is 2.69 bits per heavy atom. The van der Waals surface area contributed by atoms with Gasteiger partial charge in [0.1, 0.15) is 11.6 Å². The molecule has 1 aromatic carbocycles. The predicted molar refractivity (Wildman–Crippen MR) is 117 cm³/mol. The van der Waals surface area contributed by atoms with Crippen molar-refractivity contribution < 1.29 is 24.2 Å². The zero-order valence-corrected chi connectivity index (χ0v) is 18.8. The molecule has 6 atom stereocenters. The lowest BCUT2D eigenvalue weighted by Crippen LogP contribution is -2.58. The molecule has 4 rings (SSSR count). The van der Waals surface area contributed by atoms with Crippen molar-refractivity contribution in [2.75, 3.05) is 20.2 Å². The maximum absolute atomic E-state index is 13.8. The number of nitrogens with one attached hydrogen (secondary N) is 2. The van der Waals surface area contributed by atoms with Crippen molar-refractivity contribution in [2.24, 2.45) is 11.8 Å². The number of carbonyl (C=O) groups is 3. The van der Waals surface area contributed by atoms with Crippen LogP contribution in [0.5, 0.6) is 0 Å². The molecule has 0 aromatic heterocycles. The average Bonchev–Trinajstić information content (AvgIpc) is 3.45. The van der Waals surface area contributed by atoms with Crippen molar-refractivity contribution in [2.45, 2.75) is 62.8 Å². The molecule has 1 spiro atoms. The molecule has 8 nitrogen and oxygen atoms in total. The molecule has 174 valence electrons. The quantitative estimate of drug-likeness (QED) is 0.485. The Morgan fingerprint density at radius 1 is 1.28 bits per heavy atom. The molecule has 3 aliphatic rings. The standard InChI is InChI=1S/C24H33N3O5/c1-3-4-12-26-22(30)20-24-11-10-17(32-24)18(21(29)25-2)19(24)23(31)27(20)16(14-28)13-15-8-6-5-7-9-15/h5-9,16-20,28H,3-4,10-14H2,1-2H3,(H,25,29)(H,26,30)/t16-,17-,18+,19+,20?,24?/m1/s1. The van der Waals surface area contributed by atoms with Crippen LogP contribution in [0, 0.1) is 11.8 Å². The van der Waals surface area contributed by atoms with E-state index in [1.165, 1.54) is 4.90 Å². The maximum atomic E-state index is 13.8. The number of hydrogen-bond acceptors (Lipinski definition) is 5. The van der Waals surface area contributed by atoms with E-state index in [-0.39, 0.29) is 30.4 Å². The second-order valence-corrected chi connectivity index (χ2v) is 9.09. The van der Waals surface area contributed by atoms with E-state index in [1.807, 2.05) is 37.3 Å². The molecule has 2 unspecified atom stereocenters. The number of benzene rings is 1. The van der Waals surface area contributed by atoms with Gasteiger partial charge in [-0.1, -0.05) is 43.7 Å². The van der Waals surface area contributed by atoms with Crippen molar-refractivity contribution in [1.29, 1.82) is 0 Å². The van der Waals surface area contributed by atoms with Crippen LogP contribution in [0.1, 0.15) is 38.2 Å². The van der Waals surface area contributed by atoms with Gasteiger partial charge in [-0.3, -0.25) is 14.4 Å². The third-order valence-electron chi connectivity index (χ3n) is 7.28. The molecule has 3 saturated heterocycles. The van der Waals surface area contributed by atoms with Crippen LogP contribution in [0.2, 0.25) is 0 Å². The minimum absolute atomic E-state index is 0.231. The summed E-state index contributed by atoms with van der Waals surface area (Å²) in [4.78, 5) is 41.5. The first-order valence-electron chi connectivity index (χ1n) is 11.6. The predicted octanol–water partition coefficient (Wildman–Crippen LogP) is 0.627. The Kier molecular flexibility index (Phi) is 6.53. The fraction of sp³-hybridized carbons (Fsp3) is 0.625. The molecule has 3 amide bonds. The zero-order valence-electron chi connectivity index (χ0n) is 18.8. The highest BCUT2D eigenvalue weighted by Gasteiger charge is 2.74. The van der Waals surface area contributed by atoms with Crippen LogP contribution < -0.4 is 10.6 Å². The summed E-state index contributed by atoms with van der Waals surface area (Å²) in [5, 5.41) is 15.9. The number of fused-ring (bicyclic) bond motifs is 1. The second-order valence-electron chi connectivity index (χ2n) is 9.09. The van der Waals surface area contributed by atoms with Crippen LogP contribution in [-0.2, 0) is 25.5 Å². The van der Waals surface area contributed by atoms with Crippen molar-refractivity contribution in [3.05, 3.63) is 35.9 Å². The first-order chi connectivity index (χ1) is 15.5. The number of aliphatic hydroxyl groups is 1. The van der Waals surface area contributed by atoms with E-state index in [1.54, 1.807) is 7.05 Å². The highest BCUT2D eigenvalue weighted by atomic mass is 16.5. The summed E-state index contributed by atoms with van der Waals surface area (Å²) >= 11 is 0. The number of unbranched alkanes of at least 4 members (excludes halogenated alkanes) is 1. The van der Waals surface area contributed by atoms with E-state index >= 15 is 0 Å². The van der Waals surface area contributed by atoms with E-state index in [2.05, 4.69) is 10.6 Å². The monoisotopic (exact) mass is 443 g/mol. The van der Waals surface area contributed by atoms with Crippen LogP contribution >= 0.6 is 0 Å². The number of ether oxygens (including phenoxy) is 1. The number of rotatable bonds is 9. The van der Waals surface area contributed by atoms with Crippen LogP contribution in [0.3, 0.4) is 0 Å². The van der Waals surface area contributed by atoms with Crippen LogP contribution in [0.15, 0.2) is 30.3 Å². The topological polar surface area (TPSA) is 108 Å². The maximum Gasteiger partial charge on any atom is 0.245 e. The minimum atomic E-state index is -1.03. The fourth-order valence-corrected chi connectivity index (χ4v) is 5.87. The van der Waals surface area contributed by atoms with Crippen molar-refractivity contribution in [1.82, 2.24) is 15.5 Å². The summed E-state index contributed by atoms with van der Waals surface area (Å²) in [6.07, 6.45) is 3.01. The largest absolute Gasteiger partial charge is 0.394 e. The SMILES string of the molecule is CCCCNC(=O)C1N([C@@H](CO)Cc2ccccc2)C(=O)[C@@H]2[C@@H](C(=O)NC)[C@H]3CCC12O3. The Morgan fingerprint density at radius 2 is 2.03 bits per heavy atom. The molecule has 32 heavy (non-hydrogen) atoms. The summed E-state index contributed by atoms with van der Waals surface area (Å²) in [6.45, 7) is 2.28. The molecule has 3 heterocycles. The molecule has 1 aromatic rings. The Hall–Kier alpha value is -2.45.